The van der Waals surface area contributed by atoms with Crippen molar-refractivity contribution in [2.24, 2.45) is 0 Å². The first kappa shape index (κ1) is 16.4. The van der Waals surface area contributed by atoms with E-state index in [1.807, 2.05) is 6.92 Å². The second kappa shape index (κ2) is 6.24. The second-order valence-corrected chi connectivity index (χ2v) is 7.20. The molecule has 0 amide bonds. The van der Waals surface area contributed by atoms with Gasteiger partial charge in [-0.15, -0.1) is 0 Å². The average Bonchev–Trinajstić information content (AvgIpc) is 2.90. The molecule has 3 rings (SSSR count). The molecule has 1 heterocycles. The molecule has 0 unspecified atom stereocenters. The molecule has 7 heteroatoms. The van der Waals surface area contributed by atoms with E-state index in [0.29, 0.717) is 5.52 Å². The molecule has 0 spiro atoms. The van der Waals surface area contributed by atoms with Crippen LogP contribution in [0.4, 0.5) is 14.5 Å². The lowest BCUT2D eigenvalue weighted by molar-refractivity contribution is 0.511. The zero-order chi connectivity index (χ0) is 17.3. The van der Waals surface area contributed by atoms with E-state index >= 15 is 0 Å². The van der Waals surface area contributed by atoms with Crippen LogP contribution in [-0.4, -0.2) is 13.4 Å². The number of anilines is 1. The van der Waals surface area contributed by atoms with Gasteiger partial charge in [0.05, 0.1) is 16.1 Å². The molecule has 0 aliphatic carbocycles. The summed E-state index contributed by atoms with van der Waals surface area (Å²) in [5.41, 5.74) is 1.53. The van der Waals surface area contributed by atoms with Gasteiger partial charge in [-0.3, -0.25) is 4.72 Å². The third kappa shape index (κ3) is 3.12. The third-order valence-electron chi connectivity index (χ3n) is 3.74. The van der Waals surface area contributed by atoms with Gasteiger partial charge in [0.1, 0.15) is 0 Å². The lowest BCUT2D eigenvalue weighted by Crippen LogP contribution is -2.12. The number of aromatic amines is 1. The van der Waals surface area contributed by atoms with Crippen molar-refractivity contribution in [3.05, 3.63) is 59.8 Å². The molecule has 3 aromatic rings. The Morgan fingerprint density at radius 3 is 2.42 bits per heavy atom. The van der Waals surface area contributed by atoms with Crippen molar-refractivity contribution in [2.75, 3.05) is 4.72 Å². The van der Waals surface area contributed by atoms with Crippen molar-refractivity contribution >= 4 is 26.6 Å². The van der Waals surface area contributed by atoms with E-state index < -0.39 is 21.7 Å². The topological polar surface area (TPSA) is 62.0 Å². The highest BCUT2D eigenvalue weighted by atomic mass is 32.2. The second-order valence-electron chi connectivity index (χ2n) is 5.51. The number of fused-ring (bicyclic) bond motifs is 1. The molecule has 0 bridgehead atoms. The number of aryl methyl sites for hydroxylation is 1. The maximum Gasteiger partial charge on any atom is 0.261 e. The highest BCUT2D eigenvalue weighted by Crippen LogP contribution is 2.27. The minimum absolute atomic E-state index is 0.110. The van der Waals surface area contributed by atoms with Crippen LogP contribution in [0, 0.1) is 11.6 Å². The van der Waals surface area contributed by atoms with Gasteiger partial charge in [0.15, 0.2) is 11.6 Å². The van der Waals surface area contributed by atoms with Crippen LogP contribution in [-0.2, 0) is 16.4 Å². The molecular weight excluding hydrogens is 334 g/mol. The lowest BCUT2D eigenvalue weighted by atomic mass is 10.1. The van der Waals surface area contributed by atoms with Crippen LogP contribution in [0.25, 0.3) is 10.9 Å². The van der Waals surface area contributed by atoms with Crippen LogP contribution < -0.4 is 4.72 Å². The van der Waals surface area contributed by atoms with Crippen LogP contribution in [0.2, 0.25) is 0 Å². The number of halogens is 2. The normalized spacial score (nSPS) is 11.8. The van der Waals surface area contributed by atoms with Crippen LogP contribution in [0.5, 0.6) is 0 Å². The van der Waals surface area contributed by atoms with Crippen LogP contribution in [0.3, 0.4) is 0 Å². The number of rotatable bonds is 5. The number of H-pyrrole nitrogens is 1. The molecule has 0 saturated carbocycles. The predicted octanol–water partition coefficient (Wildman–Crippen LogP) is 4.20. The first-order valence-electron chi connectivity index (χ1n) is 7.48. The Labute approximate surface area is 138 Å². The first-order chi connectivity index (χ1) is 11.4. The molecule has 0 aliphatic rings. The van der Waals surface area contributed by atoms with Gasteiger partial charge in [0.25, 0.3) is 10.0 Å². The zero-order valence-corrected chi connectivity index (χ0v) is 13.8. The summed E-state index contributed by atoms with van der Waals surface area (Å²) in [6.07, 6.45) is 3.22. The maximum absolute atomic E-state index is 13.4. The lowest BCUT2D eigenvalue weighted by Gasteiger charge is -2.08. The van der Waals surface area contributed by atoms with Gasteiger partial charge in [0, 0.05) is 17.6 Å². The van der Waals surface area contributed by atoms with Crippen molar-refractivity contribution in [3.8, 4) is 0 Å². The van der Waals surface area contributed by atoms with Gasteiger partial charge in [-0.25, -0.2) is 17.2 Å². The summed E-state index contributed by atoms with van der Waals surface area (Å²) in [6, 6.07) is 8.54. The van der Waals surface area contributed by atoms with Crippen molar-refractivity contribution in [1.29, 1.82) is 0 Å². The highest BCUT2D eigenvalue weighted by Gasteiger charge is 2.17. The average molecular weight is 350 g/mol. The van der Waals surface area contributed by atoms with Gasteiger partial charge in [0.2, 0.25) is 0 Å². The Hall–Kier alpha value is -2.41. The van der Waals surface area contributed by atoms with E-state index in [4.69, 9.17) is 0 Å². The predicted molar refractivity (Wildman–Crippen MR) is 89.5 cm³/mol. The SMILES string of the molecule is CCCc1ccc(S(=O)(=O)Nc2c[nH]c3cc(F)c(F)cc23)cc1. The molecule has 0 atom stereocenters. The fourth-order valence-corrected chi connectivity index (χ4v) is 3.60. The monoisotopic (exact) mass is 350 g/mol. The van der Waals surface area contributed by atoms with Crippen LogP contribution in [0.15, 0.2) is 47.5 Å². The third-order valence-corrected chi connectivity index (χ3v) is 5.12. The van der Waals surface area contributed by atoms with Gasteiger partial charge in [-0.1, -0.05) is 25.5 Å². The minimum Gasteiger partial charge on any atom is -0.359 e. The highest BCUT2D eigenvalue weighted by molar-refractivity contribution is 7.92. The molecule has 1 aromatic heterocycles. The van der Waals surface area contributed by atoms with E-state index in [9.17, 15) is 17.2 Å². The molecule has 2 aromatic carbocycles. The number of nitrogens with one attached hydrogen (secondary N) is 2. The maximum atomic E-state index is 13.4. The minimum atomic E-state index is -3.82. The summed E-state index contributed by atoms with van der Waals surface area (Å²) in [5, 5.41) is 0.264. The first-order valence-corrected chi connectivity index (χ1v) is 8.97. The Morgan fingerprint density at radius 2 is 1.75 bits per heavy atom. The van der Waals surface area contributed by atoms with E-state index in [1.165, 1.54) is 18.3 Å². The largest absolute Gasteiger partial charge is 0.359 e. The van der Waals surface area contributed by atoms with Crippen molar-refractivity contribution in [3.63, 3.8) is 0 Å². The molecule has 126 valence electrons. The smallest absolute Gasteiger partial charge is 0.261 e. The number of aromatic nitrogens is 1. The fraction of sp³-hybridized carbons (Fsp3) is 0.176. The molecule has 0 saturated heterocycles. The Bertz CT molecular complexity index is 980. The Kier molecular flexibility index (Phi) is 4.28. The Balaban J connectivity index is 1.93. The summed E-state index contributed by atoms with van der Waals surface area (Å²) in [7, 11) is -3.82. The van der Waals surface area contributed by atoms with E-state index in [1.54, 1.807) is 12.1 Å². The van der Waals surface area contributed by atoms with Crippen molar-refractivity contribution in [2.45, 2.75) is 24.7 Å². The molecule has 4 nitrogen and oxygen atoms in total. The molecule has 0 radical (unpaired) electrons. The van der Waals surface area contributed by atoms with E-state index in [2.05, 4.69) is 9.71 Å². The van der Waals surface area contributed by atoms with Crippen molar-refractivity contribution in [1.82, 2.24) is 4.98 Å². The van der Waals surface area contributed by atoms with Crippen LogP contribution in [0.1, 0.15) is 18.9 Å². The summed E-state index contributed by atoms with van der Waals surface area (Å²) in [6.45, 7) is 2.05. The molecule has 2 N–H and O–H groups in total. The summed E-state index contributed by atoms with van der Waals surface area (Å²) < 4.78 is 54.0. The number of benzene rings is 2. The summed E-state index contributed by atoms with van der Waals surface area (Å²) in [5.74, 6) is -2.03. The zero-order valence-electron chi connectivity index (χ0n) is 12.9. The molecule has 0 fully saturated rings. The van der Waals surface area contributed by atoms with Crippen LogP contribution >= 0.6 is 0 Å². The number of sulfonamides is 1. The standard InChI is InChI=1S/C17H16F2N2O2S/c1-2-3-11-4-6-12(7-5-11)24(22,23)21-17-10-20-16-9-15(19)14(18)8-13(16)17/h4-10,20-21H,2-3H2,1H3. The number of hydrogen-bond donors (Lipinski definition) is 2. The van der Waals surface area contributed by atoms with Gasteiger partial charge in [-0.05, 0) is 30.2 Å². The van der Waals surface area contributed by atoms with Gasteiger partial charge in [-0.2, -0.15) is 0 Å². The fourth-order valence-electron chi connectivity index (χ4n) is 2.53. The number of hydrogen-bond acceptors (Lipinski definition) is 2. The molecule has 24 heavy (non-hydrogen) atoms. The van der Waals surface area contributed by atoms with E-state index in [0.717, 1.165) is 30.5 Å². The summed E-state index contributed by atoms with van der Waals surface area (Å²) in [4.78, 5) is 2.83. The van der Waals surface area contributed by atoms with E-state index in [-0.39, 0.29) is 16.0 Å². The summed E-state index contributed by atoms with van der Waals surface area (Å²) >= 11 is 0. The molecule has 0 aliphatic heterocycles. The van der Waals surface area contributed by atoms with Gasteiger partial charge >= 0.3 is 0 Å². The van der Waals surface area contributed by atoms with Gasteiger partial charge < -0.3 is 4.98 Å². The Morgan fingerprint density at radius 1 is 1.08 bits per heavy atom. The quantitative estimate of drug-likeness (QED) is 0.724. The molecular formula is C17H16F2N2O2S. The van der Waals surface area contributed by atoms with Crippen molar-refractivity contribution < 1.29 is 17.2 Å².